The molecule has 2 rings (SSSR count). The smallest absolute Gasteiger partial charge is 0.432 e. The van der Waals surface area contributed by atoms with Gasteiger partial charge in [0.05, 0.1) is 11.5 Å². The molecule has 0 aromatic heterocycles. The molecule has 37 heavy (non-hydrogen) atoms. The van der Waals surface area contributed by atoms with E-state index in [-0.39, 0.29) is 35.4 Å². The second kappa shape index (κ2) is 11.7. The summed E-state index contributed by atoms with van der Waals surface area (Å²) in [5, 5.41) is 10.4. The first-order valence-electron chi connectivity index (χ1n) is 12.7. The number of aliphatic hydroxyl groups excluding tert-OH is 1. The van der Waals surface area contributed by atoms with Gasteiger partial charge in [0.25, 0.3) is 5.60 Å². The lowest BCUT2D eigenvalue weighted by Crippen LogP contribution is -2.53. The molecule has 0 aliphatic heterocycles. The Bertz CT molecular complexity index is 909. The second-order valence-corrected chi connectivity index (χ2v) is 11.9. The average molecular weight is 531 g/mol. The Morgan fingerprint density at radius 1 is 1.11 bits per heavy atom. The van der Waals surface area contributed by atoms with Crippen LogP contribution in [-0.2, 0) is 29.4 Å². The van der Waals surface area contributed by atoms with E-state index in [0.29, 0.717) is 25.7 Å². The molecule has 6 nitrogen and oxygen atoms in total. The third-order valence-corrected chi connectivity index (χ3v) is 7.36. The van der Waals surface area contributed by atoms with Gasteiger partial charge in [-0.05, 0) is 63.7 Å². The summed E-state index contributed by atoms with van der Waals surface area (Å²) in [6.07, 6.45) is -4.74. The van der Waals surface area contributed by atoms with E-state index in [1.807, 2.05) is 20.8 Å². The van der Waals surface area contributed by atoms with Crippen molar-refractivity contribution in [3.05, 3.63) is 35.9 Å². The first kappa shape index (κ1) is 31.1. The molecule has 1 fully saturated rings. The summed E-state index contributed by atoms with van der Waals surface area (Å²) in [4.78, 5) is 25.0. The molecule has 1 aromatic rings. The lowest BCUT2D eigenvalue weighted by Gasteiger charge is -2.47. The number of ether oxygens (including phenoxy) is 3. The highest BCUT2D eigenvalue weighted by atomic mass is 19.4. The Kier molecular flexibility index (Phi) is 9.85. The monoisotopic (exact) mass is 530 g/mol. The maximum atomic E-state index is 14.2. The number of esters is 2. The van der Waals surface area contributed by atoms with Gasteiger partial charge in [-0.25, -0.2) is 4.79 Å². The molecule has 0 amide bonds. The number of hydrogen-bond acceptors (Lipinski definition) is 6. The fourth-order valence-corrected chi connectivity index (χ4v) is 5.40. The molecule has 0 saturated heterocycles. The van der Waals surface area contributed by atoms with Crippen LogP contribution in [0.1, 0.15) is 72.8 Å². The quantitative estimate of drug-likeness (QED) is 0.406. The van der Waals surface area contributed by atoms with Crippen molar-refractivity contribution in [1.29, 1.82) is 0 Å². The van der Waals surface area contributed by atoms with Crippen LogP contribution < -0.4 is 0 Å². The maximum absolute atomic E-state index is 14.2. The van der Waals surface area contributed by atoms with Crippen molar-refractivity contribution in [2.75, 3.05) is 13.7 Å². The van der Waals surface area contributed by atoms with Crippen LogP contribution in [0.4, 0.5) is 13.2 Å². The van der Waals surface area contributed by atoms with E-state index in [9.17, 15) is 27.9 Å². The molecule has 0 spiro atoms. The summed E-state index contributed by atoms with van der Waals surface area (Å²) in [5.41, 5.74) is -4.57. The van der Waals surface area contributed by atoms with Gasteiger partial charge in [-0.1, -0.05) is 51.1 Å². The lowest BCUT2D eigenvalue weighted by atomic mass is 9.61. The molecule has 1 aliphatic rings. The Morgan fingerprint density at radius 3 is 2.19 bits per heavy atom. The number of carbonyl (C=O) groups excluding carboxylic acids is 2. The molecule has 210 valence electrons. The molecule has 9 heteroatoms. The number of benzene rings is 1. The van der Waals surface area contributed by atoms with Crippen LogP contribution in [0.15, 0.2) is 30.3 Å². The first-order chi connectivity index (χ1) is 17.0. The zero-order valence-electron chi connectivity index (χ0n) is 22.9. The standard InChI is InChI=1S/C28H41F3O6/c1-18-15-21(37-24(34)27(35-7,28(29,30)31)19-11-9-8-10-12-19)16-26(5,6)22(18)14-13-20(32)17-36-23(33)25(2,3)4/h8-12,18,20-22,32H,13-17H2,1-7H3/t18-,20+,21+,22+,27+/m1/s1. The number of carbonyl (C=O) groups is 2. The zero-order chi connectivity index (χ0) is 28.2. The fourth-order valence-electron chi connectivity index (χ4n) is 5.40. The van der Waals surface area contributed by atoms with Crippen LogP contribution in [0.3, 0.4) is 0 Å². The molecule has 1 aromatic carbocycles. The molecule has 0 heterocycles. The SMILES string of the molecule is CO[C@](C(=O)O[C@H]1C[C@@H](C)[C@H](CC[C@H](O)COC(=O)C(C)(C)C)C(C)(C)C1)(c1ccccc1)C(F)(F)F. The molecular weight excluding hydrogens is 489 g/mol. The van der Waals surface area contributed by atoms with E-state index in [1.165, 1.54) is 24.3 Å². The van der Waals surface area contributed by atoms with Crippen molar-refractivity contribution < 1.29 is 42.1 Å². The molecule has 5 atom stereocenters. The molecule has 0 radical (unpaired) electrons. The summed E-state index contributed by atoms with van der Waals surface area (Å²) in [7, 11) is 0.856. The van der Waals surface area contributed by atoms with Crippen LogP contribution in [0, 0.1) is 22.7 Å². The number of alkyl halides is 3. The van der Waals surface area contributed by atoms with Crippen molar-refractivity contribution in [2.45, 2.75) is 91.2 Å². The van der Waals surface area contributed by atoms with E-state index in [4.69, 9.17) is 14.2 Å². The van der Waals surface area contributed by atoms with Crippen LogP contribution >= 0.6 is 0 Å². The van der Waals surface area contributed by atoms with Crippen molar-refractivity contribution >= 4 is 11.9 Å². The second-order valence-electron chi connectivity index (χ2n) is 11.9. The van der Waals surface area contributed by atoms with Crippen molar-refractivity contribution in [3.63, 3.8) is 0 Å². The fraction of sp³-hybridized carbons (Fsp3) is 0.714. The van der Waals surface area contributed by atoms with Crippen molar-refractivity contribution in [2.24, 2.45) is 22.7 Å². The Hall–Kier alpha value is -2.13. The van der Waals surface area contributed by atoms with Gasteiger partial charge in [-0.15, -0.1) is 0 Å². The summed E-state index contributed by atoms with van der Waals surface area (Å²) < 4.78 is 58.3. The van der Waals surface area contributed by atoms with Gasteiger partial charge in [0.15, 0.2) is 0 Å². The van der Waals surface area contributed by atoms with E-state index in [2.05, 4.69) is 0 Å². The molecule has 1 saturated carbocycles. The van der Waals surface area contributed by atoms with E-state index in [0.717, 1.165) is 7.11 Å². The summed E-state index contributed by atoms with van der Waals surface area (Å²) in [6.45, 7) is 11.1. The lowest BCUT2D eigenvalue weighted by molar-refractivity contribution is -0.279. The van der Waals surface area contributed by atoms with Crippen LogP contribution in [0.5, 0.6) is 0 Å². The minimum Gasteiger partial charge on any atom is -0.463 e. The molecule has 1 N–H and O–H groups in total. The first-order valence-corrected chi connectivity index (χ1v) is 12.7. The topological polar surface area (TPSA) is 82.1 Å². The van der Waals surface area contributed by atoms with Gasteiger partial charge in [-0.2, -0.15) is 13.2 Å². The van der Waals surface area contributed by atoms with Gasteiger partial charge >= 0.3 is 18.1 Å². The number of rotatable bonds is 9. The Balaban J connectivity index is 2.07. The molecule has 1 aliphatic carbocycles. The number of aliphatic hydroxyl groups is 1. The average Bonchev–Trinajstić information content (AvgIpc) is 2.76. The number of hydrogen-bond donors (Lipinski definition) is 1. The van der Waals surface area contributed by atoms with Gasteiger partial charge in [0.1, 0.15) is 12.7 Å². The minimum absolute atomic E-state index is 0.0189. The van der Waals surface area contributed by atoms with Gasteiger partial charge in [-0.3, -0.25) is 4.79 Å². The number of halogens is 3. The largest absolute Gasteiger partial charge is 0.463 e. The Labute approximate surface area is 217 Å². The minimum atomic E-state index is -5.02. The zero-order valence-corrected chi connectivity index (χ0v) is 22.9. The van der Waals surface area contributed by atoms with Gasteiger partial charge in [0.2, 0.25) is 0 Å². The summed E-state index contributed by atoms with van der Waals surface area (Å²) in [5.74, 6) is -1.72. The predicted molar refractivity (Wildman–Crippen MR) is 132 cm³/mol. The predicted octanol–water partition coefficient (Wildman–Crippen LogP) is 5.81. The molecule has 0 unspecified atom stereocenters. The normalized spacial score (nSPS) is 24.6. The molecular formula is C28H41F3O6. The van der Waals surface area contributed by atoms with Crippen molar-refractivity contribution in [3.8, 4) is 0 Å². The van der Waals surface area contributed by atoms with E-state index < -0.39 is 35.4 Å². The summed E-state index contributed by atoms with van der Waals surface area (Å²) >= 11 is 0. The highest BCUT2D eigenvalue weighted by molar-refractivity contribution is 5.83. The van der Waals surface area contributed by atoms with Crippen LogP contribution in [0.2, 0.25) is 0 Å². The number of methoxy groups -OCH3 is 1. The third kappa shape index (κ3) is 7.25. The highest BCUT2D eigenvalue weighted by Gasteiger charge is 2.64. The van der Waals surface area contributed by atoms with E-state index >= 15 is 0 Å². The maximum Gasteiger partial charge on any atom is 0.432 e. The van der Waals surface area contributed by atoms with Crippen LogP contribution in [0.25, 0.3) is 0 Å². The van der Waals surface area contributed by atoms with E-state index in [1.54, 1.807) is 26.8 Å². The van der Waals surface area contributed by atoms with Crippen molar-refractivity contribution in [1.82, 2.24) is 0 Å². The Morgan fingerprint density at radius 2 is 1.70 bits per heavy atom. The third-order valence-electron chi connectivity index (χ3n) is 7.36. The van der Waals surface area contributed by atoms with Gasteiger partial charge < -0.3 is 19.3 Å². The summed E-state index contributed by atoms with van der Waals surface area (Å²) in [6, 6.07) is 6.79. The van der Waals surface area contributed by atoms with Gasteiger partial charge in [0, 0.05) is 12.7 Å². The highest BCUT2D eigenvalue weighted by Crippen LogP contribution is 2.49. The van der Waals surface area contributed by atoms with Crippen LogP contribution in [-0.4, -0.2) is 49.1 Å². The molecule has 0 bridgehead atoms.